The van der Waals surface area contributed by atoms with Gasteiger partial charge in [0.25, 0.3) is 5.91 Å². The molecule has 0 saturated carbocycles. The fourth-order valence-corrected chi connectivity index (χ4v) is 2.39. The third-order valence-electron chi connectivity index (χ3n) is 3.51. The van der Waals surface area contributed by atoms with Crippen LogP contribution < -0.4 is 20.3 Å². The van der Waals surface area contributed by atoms with Crippen molar-refractivity contribution < 1.29 is 19.1 Å². The summed E-state index contributed by atoms with van der Waals surface area (Å²) in [5.74, 6) is 0.838. The van der Waals surface area contributed by atoms with Gasteiger partial charge in [0.05, 0.1) is 0 Å². The van der Waals surface area contributed by atoms with Crippen LogP contribution >= 0.6 is 0 Å². The minimum atomic E-state index is -0.386. The minimum absolute atomic E-state index is 0.159. The molecular formula is C15H16N2O4. The first kappa shape index (κ1) is 13.5. The number of rotatable bonds is 3. The lowest BCUT2D eigenvalue weighted by molar-refractivity contribution is -0.122. The summed E-state index contributed by atoms with van der Waals surface area (Å²) in [7, 11) is 0. The molecule has 0 spiro atoms. The molecule has 21 heavy (non-hydrogen) atoms. The summed E-state index contributed by atoms with van der Waals surface area (Å²) in [6.07, 6.45) is 6.51. The van der Waals surface area contributed by atoms with Crippen LogP contribution in [0.25, 0.3) is 0 Å². The molecule has 1 unspecified atom stereocenters. The maximum atomic E-state index is 12.0. The van der Waals surface area contributed by atoms with E-state index >= 15 is 0 Å². The quantitative estimate of drug-likeness (QED) is 0.653. The number of hydrogen-bond acceptors (Lipinski definition) is 4. The molecule has 0 bridgehead atoms. The zero-order chi connectivity index (χ0) is 14.7. The Morgan fingerprint density at radius 3 is 2.86 bits per heavy atom. The van der Waals surface area contributed by atoms with E-state index in [1.165, 1.54) is 0 Å². The summed E-state index contributed by atoms with van der Waals surface area (Å²) < 4.78 is 10.4. The first-order valence-corrected chi connectivity index (χ1v) is 6.88. The molecule has 1 atom stereocenters. The fourth-order valence-electron chi connectivity index (χ4n) is 2.39. The Morgan fingerprint density at radius 2 is 2.05 bits per heavy atom. The van der Waals surface area contributed by atoms with Crippen molar-refractivity contribution in [1.82, 2.24) is 10.9 Å². The van der Waals surface area contributed by atoms with Gasteiger partial charge in [0.15, 0.2) is 11.5 Å². The molecule has 1 aromatic carbocycles. The predicted octanol–water partition coefficient (Wildman–Crippen LogP) is 1.53. The Labute approximate surface area is 122 Å². The van der Waals surface area contributed by atoms with Crippen LogP contribution in [-0.2, 0) is 4.79 Å². The average Bonchev–Trinajstić information content (AvgIpc) is 3.14. The van der Waals surface area contributed by atoms with Gasteiger partial charge in [0.2, 0.25) is 12.7 Å². The second kappa shape index (κ2) is 5.87. The number of fused-ring (bicyclic) bond motifs is 1. The molecule has 6 nitrogen and oxygen atoms in total. The lowest BCUT2D eigenvalue weighted by Crippen LogP contribution is -2.42. The van der Waals surface area contributed by atoms with Crippen LogP contribution in [0.3, 0.4) is 0 Å². The van der Waals surface area contributed by atoms with E-state index in [9.17, 15) is 9.59 Å². The van der Waals surface area contributed by atoms with Gasteiger partial charge in [0.1, 0.15) is 0 Å². The topological polar surface area (TPSA) is 76.7 Å². The molecule has 2 aliphatic rings. The molecule has 1 heterocycles. The molecule has 0 radical (unpaired) electrons. The van der Waals surface area contributed by atoms with E-state index < -0.39 is 0 Å². The van der Waals surface area contributed by atoms with Gasteiger partial charge in [-0.05, 0) is 37.0 Å². The molecule has 0 aromatic heterocycles. The normalized spacial score (nSPS) is 18.6. The van der Waals surface area contributed by atoms with Crippen LogP contribution in [-0.4, -0.2) is 18.6 Å². The largest absolute Gasteiger partial charge is 0.454 e. The number of allylic oxidation sites excluding steroid dienone is 2. The van der Waals surface area contributed by atoms with Gasteiger partial charge in [0, 0.05) is 12.0 Å². The monoisotopic (exact) mass is 288 g/mol. The van der Waals surface area contributed by atoms with Crippen LogP contribution in [0.5, 0.6) is 11.5 Å². The van der Waals surface area contributed by atoms with Gasteiger partial charge < -0.3 is 9.47 Å². The van der Waals surface area contributed by atoms with Crippen LogP contribution in [0.15, 0.2) is 30.4 Å². The van der Waals surface area contributed by atoms with Gasteiger partial charge in [-0.15, -0.1) is 0 Å². The number of carbonyl (C=O) groups excluding carboxylic acids is 2. The Kier molecular flexibility index (Phi) is 3.77. The number of benzene rings is 1. The summed E-state index contributed by atoms with van der Waals surface area (Å²) in [6.45, 7) is 0.159. The summed E-state index contributed by atoms with van der Waals surface area (Å²) in [4.78, 5) is 23.7. The Hall–Kier alpha value is -2.50. The smallest absolute Gasteiger partial charge is 0.269 e. The van der Waals surface area contributed by atoms with Crippen molar-refractivity contribution >= 4 is 11.8 Å². The molecule has 2 N–H and O–H groups in total. The lowest BCUT2D eigenvalue weighted by Gasteiger charge is -2.10. The Bertz CT molecular complexity index is 597. The van der Waals surface area contributed by atoms with E-state index in [1.54, 1.807) is 18.2 Å². The number of hydrogen-bond donors (Lipinski definition) is 2. The van der Waals surface area contributed by atoms with E-state index in [2.05, 4.69) is 16.9 Å². The summed E-state index contributed by atoms with van der Waals surface area (Å²) >= 11 is 0. The number of amides is 2. The van der Waals surface area contributed by atoms with E-state index in [1.807, 2.05) is 6.08 Å². The maximum Gasteiger partial charge on any atom is 0.269 e. The SMILES string of the molecule is O=C(CC1C=CCC1)NNC(=O)c1ccc2c(c1)OCO2. The Balaban J connectivity index is 1.51. The maximum absolute atomic E-state index is 12.0. The average molecular weight is 288 g/mol. The van der Waals surface area contributed by atoms with E-state index in [0.29, 0.717) is 23.5 Å². The first-order valence-electron chi connectivity index (χ1n) is 6.88. The molecule has 0 saturated heterocycles. The lowest BCUT2D eigenvalue weighted by atomic mass is 10.1. The molecule has 6 heteroatoms. The highest BCUT2D eigenvalue weighted by Gasteiger charge is 2.17. The highest BCUT2D eigenvalue weighted by atomic mass is 16.7. The number of carbonyl (C=O) groups is 2. The van der Waals surface area contributed by atoms with Crippen LogP contribution in [0.1, 0.15) is 29.6 Å². The number of ether oxygens (including phenoxy) is 2. The molecule has 2 amide bonds. The third kappa shape index (κ3) is 3.16. The molecule has 1 aromatic rings. The van der Waals surface area contributed by atoms with Gasteiger partial charge >= 0.3 is 0 Å². The zero-order valence-electron chi connectivity index (χ0n) is 11.4. The van der Waals surface area contributed by atoms with Crippen LogP contribution in [0.2, 0.25) is 0 Å². The van der Waals surface area contributed by atoms with E-state index in [0.717, 1.165) is 12.8 Å². The molecule has 0 fully saturated rings. The van der Waals surface area contributed by atoms with Crippen molar-refractivity contribution in [2.24, 2.45) is 5.92 Å². The zero-order valence-corrected chi connectivity index (χ0v) is 11.4. The third-order valence-corrected chi connectivity index (χ3v) is 3.51. The molecule has 110 valence electrons. The molecule has 1 aliphatic heterocycles. The van der Waals surface area contributed by atoms with Gasteiger partial charge in [-0.25, -0.2) is 0 Å². The highest BCUT2D eigenvalue weighted by molar-refractivity contribution is 5.96. The molecule has 1 aliphatic carbocycles. The van der Waals surface area contributed by atoms with E-state index in [4.69, 9.17) is 9.47 Å². The number of hydrazine groups is 1. The van der Waals surface area contributed by atoms with Crippen LogP contribution in [0, 0.1) is 5.92 Å². The van der Waals surface area contributed by atoms with Crippen molar-refractivity contribution in [3.8, 4) is 11.5 Å². The number of nitrogens with one attached hydrogen (secondary N) is 2. The van der Waals surface area contributed by atoms with Gasteiger partial charge in [-0.3, -0.25) is 20.4 Å². The summed E-state index contributed by atoms with van der Waals surface area (Å²) in [5, 5.41) is 0. The van der Waals surface area contributed by atoms with Crippen LogP contribution in [0.4, 0.5) is 0 Å². The highest BCUT2D eigenvalue weighted by Crippen LogP contribution is 2.32. The minimum Gasteiger partial charge on any atom is -0.454 e. The summed E-state index contributed by atoms with van der Waals surface area (Å²) in [5.41, 5.74) is 5.24. The van der Waals surface area contributed by atoms with Crippen molar-refractivity contribution in [1.29, 1.82) is 0 Å². The predicted molar refractivity (Wildman–Crippen MR) is 74.7 cm³/mol. The second-order valence-corrected chi connectivity index (χ2v) is 5.04. The van der Waals surface area contributed by atoms with Gasteiger partial charge in [-0.2, -0.15) is 0 Å². The van der Waals surface area contributed by atoms with Gasteiger partial charge in [-0.1, -0.05) is 12.2 Å². The van der Waals surface area contributed by atoms with Crippen molar-refractivity contribution in [3.63, 3.8) is 0 Å². The van der Waals surface area contributed by atoms with Crippen molar-refractivity contribution in [2.75, 3.05) is 6.79 Å². The van der Waals surface area contributed by atoms with E-state index in [-0.39, 0.29) is 24.5 Å². The summed E-state index contributed by atoms with van der Waals surface area (Å²) in [6, 6.07) is 4.88. The second-order valence-electron chi connectivity index (χ2n) is 5.04. The standard InChI is InChI=1S/C15H16N2O4/c18-14(7-10-3-1-2-4-10)16-17-15(19)11-5-6-12-13(8-11)21-9-20-12/h1,3,5-6,8,10H,2,4,7,9H2,(H,16,18)(H,17,19). The van der Waals surface area contributed by atoms with Crippen molar-refractivity contribution in [3.05, 3.63) is 35.9 Å². The Morgan fingerprint density at radius 1 is 1.19 bits per heavy atom. The molecule has 3 rings (SSSR count). The fraction of sp³-hybridized carbons (Fsp3) is 0.333. The molecular weight excluding hydrogens is 272 g/mol. The first-order chi connectivity index (χ1) is 10.2. The van der Waals surface area contributed by atoms with Crippen molar-refractivity contribution in [2.45, 2.75) is 19.3 Å².